The minimum atomic E-state index is -5.06. The minimum absolute atomic E-state index is 0.0581. The summed E-state index contributed by atoms with van der Waals surface area (Å²) in [6.45, 7) is -1.000. The number of aliphatic hydroxyl groups is 1. The zero-order valence-electron chi connectivity index (χ0n) is 22.7. The molecule has 9 unspecified atom stereocenters. The van der Waals surface area contributed by atoms with Crippen molar-refractivity contribution in [1.82, 2.24) is 39.0 Å². The van der Waals surface area contributed by atoms with Crippen LogP contribution in [0.4, 0.5) is 16.0 Å². The quantitative estimate of drug-likeness (QED) is 0.0761. The lowest BCUT2D eigenvalue weighted by molar-refractivity contribution is -0.0625. The number of alkyl halides is 1. The van der Waals surface area contributed by atoms with Crippen LogP contribution in [0.5, 0.6) is 0 Å². The molecule has 24 heteroatoms. The van der Waals surface area contributed by atoms with Gasteiger partial charge in [-0.1, -0.05) is 0 Å². The summed E-state index contributed by atoms with van der Waals surface area (Å²) in [5.41, 5.74) is 12.5. The molecule has 45 heavy (non-hydrogen) atoms. The number of nitrogens with zero attached hydrogens (tertiary/aromatic N) is 8. The number of nitrogen functional groups attached to an aromatic ring is 2. The van der Waals surface area contributed by atoms with Gasteiger partial charge in [0.2, 0.25) is 0 Å². The zero-order chi connectivity index (χ0) is 31.9. The van der Waals surface area contributed by atoms with Crippen LogP contribution >= 0.6 is 29.1 Å². The highest BCUT2D eigenvalue weighted by Gasteiger charge is 2.52. The fourth-order valence-corrected chi connectivity index (χ4v) is 6.44. The highest BCUT2D eigenvalue weighted by atomic mass is 32.1. The third kappa shape index (κ3) is 6.11. The van der Waals surface area contributed by atoms with Crippen molar-refractivity contribution in [2.24, 2.45) is 0 Å². The van der Waals surface area contributed by atoms with Crippen molar-refractivity contribution in [2.75, 3.05) is 30.6 Å². The van der Waals surface area contributed by atoms with Crippen LogP contribution in [0.2, 0.25) is 0 Å². The number of aliphatic hydroxyl groups excluding tert-OH is 1. The SMILES string of the molecule is Nc1ncnc2c1ncn2C1OC(COCS)C(OP(=O)(O)OCC2OC(n3cnc4c(N)ncnc43)C(OP=O)C2O)C1F. The molecule has 6 heterocycles. The van der Waals surface area contributed by atoms with E-state index in [0.717, 1.165) is 6.33 Å². The molecular formula is C21H25FN10O10P2S. The first-order valence-electron chi connectivity index (χ1n) is 13.0. The van der Waals surface area contributed by atoms with Gasteiger partial charge in [-0.05, 0) is 0 Å². The highest BCUT2D eigenvalue weighted by Crippen LogP contribution is 2.50. The summed E-state index contributed by atoms with van der Waals surface area (Å²) in [5, 5.41) is 10.9. The summed E-state index contributed by atoms with van der Waals surface area (Å²) in [6, 6.07) is 0. The summed E-state index contributed by atoms with van der Waals surface area (Å²) in [5.74, 6) is 0.0764. The van der Waals surface area contributed by atoms with E-state index in [9.17, 15) is 19.1 Å². The number of anilines is 2. The van der Waals surface area contributed by atoms with Crippen LogP contribution in [0, 0.1) is 0 Å². The van der Waals surface area contributed by atoms with Crippen LogP contribution in [0.15, 0.2) is 25.3 Å². The predicted octanol–water partition coefficient (Wildman–Crippen LogP) is 0.322. The van der Waals surface area contributed by atoms with E-state index in [1.807, 2.05) is 0 Å². The number of ether oxygens (including phenoxy) is 3. The molecule has 4 aromatic heterocycles. The van der Waals surface area contributed by atoms with Gasteiger partial charge in [-0.15, -0.1) is 0 Å². The Labute approximate surface area is 258 Å². The number of hydrogen-bond donors (Lipinski definition) is 5. The van der Waals surface area contributed by atoms with Gasteiger partial charge in [-0.3, -0.25) is 22.7 Å². The Balaban J connectivity index is 1.17. The van der Waals surface area contributed by atoms with Crippen molar-refractivity contribution < 1.29 is 51.3 Å². The fourth-order valence-electron chi connectivity index (χ4n) is 5.05. The third-order valence-electron chi connectivity index (χ3n) is 7.10. The molecule has 9 atom stereocenters. The maximum atomic E-state index is 15.9. The number of phosphoric acid groups is 1. The van der Waals surface area contributed by atoms with Crippen molar-refractivity contribution >= 4 is 63.1 Å². The largest absolute Gasteiger partial charge is 0.472 e. The number of phosphoric ester groups is 1. The van der Waals surface area contributed by atoms with Crippen molar-refractivity contribution in [3.05, 3.63) is 25.3 Å². The zero-order valence-corrected chi connectivity index (χ0v) is 25.3. The molecule has 2 aliphatic rings. The van der Waals surface area contributed by atoms with Gasteiger partial charge in [0.1, 0.15) is 54.2 Å². The van der Waals surface area contributed by atoms with Crippen molar-refractivity contribution in [2.45, 2.75) is 49.1 Å². The normalized spacial score (nSPS) is 30.0. The molecule has 0 bridgehead atoms. The molecule has 2 aliphatic heterocycles. The van der Waals surface area contributed by atoms with Gasteiger partial charge in [-0.25, -0.2) is 43.4 Å². The van der Waals surface area contributed by atoms with Crippen LogP contribution in [0.25, 0.3) is 22.3 Å². The van der Waals surface area contributed by atoms with Gasteiger partial charge >= 0.3 is 16.5 Å². The number of rotatable bonds is 12. The molecule has 4 aromatic rings. The third-order valence-corrected chi connectivity index (χ3v) is 8.59. The average Bonchev–Trinajstić information content (AvgIpc) is 3.77. The molecule has 0 amide bonds. The molecular weight excluding hydrogens is 665 g/mol. The second-order valence-electron chi connectivity index (χ2n) is 9.71. The number of nitrogens with two attached hydrogens (primary N) is 2. The first-order valence-corrected chi connectivity index (χ1v) is 15.8. The second-order valence-corrected chi connectivity index (χ2v) is 11.7. The van der Waals surface area contributed by atoms with Crippen molar-refractivity contribution in [1.29, 1.82) is 0 Å². The lowest BCUT2D eigenvalue weighted by Gasteiger charge is -2.23. The lowest BCUT2D eigenvalue weighted by atomic mass is 10.1. The minimum Gasteiger partial charge on any atom is -0.387 e. The molecule has 6 rings (SSSR count). The summed E-state index contributed by atoms with van der Waals surface area (Å²) in [7, 11) is -5.85. The first-order chi connectivity index (χ1) is 21.6. The highest BCUT2D eigenvalue weighted by molar-refractivity contribution is 7.80. The summed E-state index contributed by atoms with van der Waals surface area (Å²) < 4.78 is 75.3. The number of halogens is 1. The number of fused-ring (bicyclic) bond motifs is 2. The Morgan fingerprint density at radius 1 is 0.956 bits per heavy atom. The second kappa shape index (κ2) is 13.0. The topological polar surface area (TPSA) is 269 Å². The van der Waals surface area contributed by atoms with Crippen LogP contribution in [0.3, 0.4) is 0 Å². The van der Waals surface area contributed by atoms with Crippen LogP contribution in [-0.4, -0.2) is 105 Å². The smallest absolute Gasteiger partial charge is 0.387 e. The summed E-state index contributed by atoms with van der Waals surface area (Å²) in [6.07, 6.45) is -6.73. The van der Waals surface area contributed by atoms with Gasteiger partial charge < -0.3 is 35.7 Å². The molecule has 0 spiro atoms. The Hall–Kier alpha value is -3.01. The molecule has 0 radical (unpaired) electrons. The van der Waals surface area contributed by atoms with Gasteiger partial charge in [0, 0.05) is 0 Å². The Bertz CT molecular complexity index is 1740. The van der Waals surface area contributed by atoms with E-state index in [4.69, 9.17) is 39.2 Å². The van der Waals surface area contributed by atoms with Crippen molar-refractivity contribution in [3.8, 4) is 0 Å². The Kier molecular flexibility index (Phi) is 9.24. The molecule has 20 nitrogen and oxygen atoms in total. The van der Waals surface area contributed by atoms with Gasteiger partial charge in [0.25, 0.3) is 0 Å². The number of hydrogen-bond acceptors (Lipinski definition) is 18. The van der Waals surface area contributed by atoms with Gasteiger partial charge in [0.05, 0.1) is 31.8 Å². The van der Waals surface area contributed by atoms with Gasteiger partial charge in [0.15, 0.2) is 41.6 Å². The van der Waals surface area contributed by atoms with E-state index in [1.165, 1.54) is 28.1 Å². The molecule has 0 aliphatic carbocycles. The summed E-state index contributed by atoms with van der Waals surface area (Å²) in [4.78, 5) is 34.7. The van der Waals surface area contributed by atoms with Crippen molar-refractivity contribution in [3.63, 3.8) is 0 Å². The van der Waals surface area contributed by atoms with E-state index in [1.54, 1.807) is 0 Å². The molecule has 0 aromatic carbocycles. The number of imidazole rings is 2. The van der Waals surface area contributed by atoms with Crippen LogP contribution in [-0.2, 0) is 36.9 Å². The van der Waals surface area contributed by atoms with E-state index in [2.05, 4.69) is 42.5 Å². The van der Waals surface area contributed by atoms with E-state index < -0.39 is 72.3 Å². The monoisotopic (exact) mass is 690 g/mol. The van der Waals surface area contributed by atoms with E-state index in [0.29, 0.717) is 0 Å². The van der Waals surface area contributed by atoms with E-state index in [-0.39, 0.29) is 46.5 Å². The molecule has 242 valence electrons. The molecule has 2 fully saturated rings. The maximum absolute atomic E-state index is 15.9. The number of thiol groups is 1. The predicted molar refractivity (Wildman–Crippen MR) is 151 cm³/mol. The summed E-state index contributed by atoms with van der Waals surface area (Å²) >= 11 is 3.97. The number of aromatic nitrogens is 8. The molecule has 2 saturated heterocycles. The average molecular weight is 691 g/mol. The Morgan fingerprint density at radius 2 is 1.56 bits per heavy atom. The molecule has 6 N–H and O–H groups in total. The van der Waals surface area contributed by atoms with E-state index >= 15 is 4.39 Å². The first kappa shape index (κ1) is 32.0. The standard InChI is InChI=1S/C21H25FN10O10P2S/c22-10-14(9(1-37-7-45)40-20(10)31-5-29-11-16(23)25-3-27-18(11)31)42-44(35,36)38-2-8-13(33)15(41-43-34)21(39-8)32-6-30-12-17(24)26-4-28-19(12)32/h3-6,8-10,13-15,20-21,33,45H,1-2,7H2,(H,35,36)(H2,23,25,27)(H2,24,26,28). The fraction of sp³-hybridized carbons (Fsp3) is 0.524. The van der Waals surface area contributed by atoms with Crippen LogP contribution < -0.4 is 11.5 Å². The maximum Gasteiger partial charge on any atom is 0.472 e. The van der Waals surface area contributed by atoms with Crippen LogP contribution in [0.1, 0.15) is 12.5 Å². The lowest BCUT2D eigenvalue weighted by Crippen LogP contribution is -2.35. The van der Waals surface area contributed by atoms with Gasteiger partial charge in [-0.2, -0.15) is 12.6 Å². The molecule has 0 saturated carbocycles. The Morgan fingerprint density at radius 3 is 2.16 bits per heavy atom.